The Morgan fingerprint density at radius 3 is 2.39 bits per heavy atom. The molecule has 0 heterocycles. The number of aliphatic carboxylic acids is 1. The summed E-state index contributed by atoms with van der Waals surface area (Å²) in [4.78, 5) is 38.7. The highest BCUT2D eigenvalue weighted by Crippen LogP contribution is 2.19. The molecule has 0 aliphatic carbocycles. The van der Waals surface area contributed by atoms with Crippen LogP contribution in [-0.2, 0) is 20.8 Å². The summed E-state index contributed by atoms with van der Waals surface area (Å²) in [6.07, 6.45) is 0.969. The molecule has 1 aromatic rings. The molecule has 0 radical (unpaired) electrons. The number of hydrogen-bond acceptors (Lipinski definition) is 7. The number of carboxylic acids is 1. The number of rotatable bonds is 15. The number of benzene rings is 1. The molecule has 0 saturated heterocycles. The van der Waals surface area contributed by atoms with Gasteiger partial charge in [-0.15, -0.1) is 0 Å². The highest BCUT2D eigenvalue weighted by atomic mass is 32.1. The molecule has 0 saturated carbocycles. The van der Waals surface area contributed by atoms with Gasteiger partial charge in [-0.1, -0.05) is 50.6 Å². The second kappa shape index (κ2) is 14.2. The average molecular weight is 454 g/mol. The maximum Gasteiger partial charge on any atom is 0.334 e. The van der Waals surface area contributed by atoms with E-state index in [-0.39, 0.29) is 18.4 Å². The summed E-state index contributed by atoms with van der Waals surface area (Å²) in [7, 11) is 0. The lowest BCUT2D eigenvalue weighted by atomic mass is 9.99. The van der Waals surface area contributed by atoms with E-state index in [4.69, 9.17) is 5.73 Å². The molecular weight excluding hydrogens is 418 g/mol. The maximum absolute atomic E-state index is 13.3. The number of aliphatic hydroxyl groups excluding tert-OH is 1. The van der Waals surface area contributed by atoms with Crippen molar-refractivity contribution in [1.82, 2.24) is 10.2 Å². The molecule has 1 rings (SSSR count). The van der Waals surface area contributed by atoms with Crippen molar-refractivity contribution in [1.29, 1.82) is 0 Å². The Balaban J connectivity index is 3.24. The van der Waals surface area contributed by atoms with Crippen molar-refractivity contribution in [3.8, 4) is 0 Å². The summed E-state index contributed by atoms with van der Waals surface area (Å²) in [5, 5.41) is 22.3. The van der Waals surface area contributed by atoms with Crippen LogP contribution < -0.4 is 11.1 Å². The van der Waals surface area contributed by atoms with Crippen LogP contribution in [0, 0.1) is 5.92 Å². The van der Waals surface area contributed by atoms with Gasteiger partial charge in [0.15, 0.2) is 11.8 Å². The number of amides is 1. The number of thiol groups is 1. The number of nitrogens with zero attached hydrogens (tertiary/aromatic N) is 1. The number of ketones is 1. The molecule has 0 bridgehead atoms. The van der Waals surface area contributed by atoms with Crippen LogP contribution in [0.15, 0.2) is 30.3 Å². The van der Waals surface area contributed by atoms with Gasteiger partial charge in [-0.05, 0) is 24.3 Å². The zero-order chi connectivity index (χ0) is 23.4. The molecule has 31 heavy (non-hydrogen) atoms. The number of carbonyl (C=O) groups excluding carboxylic acids is 2. The van der Waals surface area contributed by atoms with Gasteiger partial charge in [0.2, 0.25) is 5.91 Å². The molecule has 0 fully saturated rings. The molecule has 0 aliphatic rings. The number of hydrogen-bond donors (Lipinski definition) is 5. The van der Waals surface area contributed by atoms with Crippen molar-refractivity contribution in [3.63, 3.8) is 0 Å². The van der Waals surface area contributed by atoms with Crippen LogP contribution in [0.1, 0.15) is 38.7 Å². The van der Waals surface area contributed by atoms with Crippen molar-refractivity contribution in [2.45, 2.75) is 57.8 Å². The smallest absolute Gasteiger partial charge is 0.334 e. The lowest BCUT2D eigenvalue weighted by molar-refractivity contribution is -0.158. The summed E-state index contributed by atoms with van der Waals surface area (Å²) in [5.41, 5.74) is 6.88. The third kappa shape index (κ3) is 8.98. The fourth-order valence-electron chi connectivity index (χ4n) is 3.22. The third-order valence-corrected chi connectivity index (χ3v) is 5.71. The van der Waals surface area contributed by atoms with E-state index in [0.717, 1.165) is 16.9 Å². The molecule has 9 heteroatoms. The van der Waals surface area contributed by atoms with Gasteiger partial charge < -0.3 is 20.8 Å². The minimum atomic E-state index is -1.78. The summed E-state index contributed by atoms with van der Waals surface area (Å²) in [6.45, 7) is 3.32. The Morgan fingerprint density at radius 2 is 1.87 bits per heavy atom. The Kier molecular flexibility index (Phi) is 12.4. The Labute approximate surface area is 189 Å². The first-order valence-electron chi connectivity index (χ1n) is 10.6. The van der Waals surface area contributed by atoms with Crippen LogP contribution in [0.5, 0.6) is 0 Å². The van der Waals surface area contributed by atoms with Crippen molar-refractivity contribution in [2.24, 2.45) is 11.7 Å². The molecule has 1 amide bonds. The second-order valence-electron chi connectivity index (χ2n) is 7.77. The fourth-order valence-corrected chi connectivity index (χ4v) is 3.35. The predicted molar refractivity (Wildman–Crippen MR) is 123 cm³/mol. The number of carboxylic acid groups (broad SMARTS) is 1. The van der Waals surface area contributed by atoms with Crippen LogP contribution in [0.4, 0.5) is 0 Å². The lowest BCUT2D eigenvalue weighted by Gasteiger charge is -2.37. The van der Waals surface area contributed by atoms with Gasteiger partial charge in [0.25, 0.3) is 0 Å². The topological polar surface area (TPSA) is 133 Å². The van der Waals surface area contributed by atoms with E-state index in [9.17, 15) is 24.6 Å². The minimum absolute atomic E-state index is 0.0316. The molecular formula is C22H35N3O5S. The van der Waals surface area contributed by atoms with E-state index in [1.54, 1.807) is 0 Å². The average Bonchev–Trinajstić information content (AvgIpc) is 2.78. The summed E-state index contributed by atoms with van der Waals surface area (Å²) < 4.78 is 0. The number of nitrogens with one attached hydrogen (secondary N) is 1. The summed E-state index contributed by atoms with van der Waals surface area (Å²) in [5.74, 6) is -2.31. The molecule has 8 nitrogen and oxygen atoms in total. The highest BCUT2D eigenvalue weighted by Gasteiger charge is 2.39. The molecule has 2 unspecified atom stereocenters. The normalized spacial score (nSPS) is 15.0. The Bertz CT molecular complexity index is 704. The highest BCUT2D eigenvalue weighted by molar-refractivity contribution is 7.80. The van der Waals surface area contributed by atoms with Crippen LogP contribution in [0.3, 0.4) is 0 Å². The van der Waals surface area contributed by atoms with Gasteiger partial charge in [0.05, 0.1) is 6.17 Å². The number of aliphatic hydroxyl groups is 1. The quantitative estimate of drug-likeness (QED) is 0.152. The van der Waals surface area contributed by atoms with Crippen LogP contribution in [0.2, 0.25) is 0 Å². The van der Waals surface area contributed by atoms with E-state index in [0.29, 0.717) is 25.1 Å². The van der Waals surface area contributed by atoms with Crippen molar-refractivity contribution in [2.75, 3.05) is 18.9 Å². The van der Waals surface area contributed by atoms with Gasteiger partial charge in [0.1, 0.15) is 6.61 Å². The lowest BCUT2D eigenvalue weighted by Crippen LogP contribution is -2.61. The van der Waals surface area contributed by atoms with E-state index in [1.165, 1.54) is 0 Å². The second-order valence-corrected chi connectivity index (χ2v) is 8.13. The summed E-state index contributed by atoms with van der Waals surface area (Å²) in [6, 6.07) is 7.27. The van der Waals surface area contributed by atoms with Crippen LogP contribution >= 0.6 is 12.6 Å². The van der Waals surface area contributed by atoms with E-state index >= 15 is 0 Å². The first kappa shape index (κ1) is 27.1. The van der Waals surface area contributed by atoms with E-state index in [2.05, 4.69) is 17.9 Å². The zero-order valence-corrected chi connectivity index (χ0v) is 19.1. The van der Waals surface area contributed by atoms with Crippen LogP contribution in [0.25, 0.3) is 0 Å². The van der Waals surface area contributed by atoms with Gasteiger partial charge in [0, 0.05) is 24.8 Å². The van der Waals surface area contributed by atoms with E-state index in [1.807, 2.05) is 44.2 Å². The Hall–Kier alpha value is -1.94. The SMILES string of the molecule is CC[C@H](C)CC(NC[C@H](N)CS)N(C(=O)CCc1ccccc1)C(C(=O)O)C(=O)CO. The first-order valence-corrected chi connectivity index (χ1v) is 11.2. The van der Waals surface area contributed by atoms with Gasteiger partial charge >= 0.3 is 5.97 Å². The van der Waals surface area contributed by atoms with Crippen LogP contribution in [-0.4, -0.2) is 69.9 Å². The largest absolute Gasteiger partial charge is 0.479 e. The monoisotopic (exact) mass is 453 g/mol. The molecule has 4 atom stereocenters. The molecule has 174 valence electrons. The molecule has 0 spiro atoms. The standard InChI is InChI=1S/C22H35N3O5S/c1-3-15(2)11-19(24-12-17(23)14-31)25(21(22(29)30)18(27)13-26)20(28)10-9-16-7-5-4-6-8-16/h4-8,15,17,19,21,24,26,31H,3,9-14,23H2,1-2H3,(H,29,30)/t15-,17-,19?,21?/m0/s1. The predicted octanol–water partition coefficient (Wildman–Crippen LogP) is 1.07. The third-order valence-electron chi connectivity index (χ3n) is 5.24. The zero-order valence-electron chi connectivity index (χ0n) is 18.2. The first-order chi connectivity index (χ1) is 14.7. The number of Topliss-reactive ketones (excluding diaryl/α,β-unsaturated/α-hetero) is 1. The van der Waals surface area contributed by atoms with Crippen molar-refractivity contribution in [3.05, 3.63) is 35.9 Å². The fraction of sp³-hybridized carbons (Fsp3) is 0.591. The Morgan fingerprint density at radius 1 is 1.23 bits per heavy atom. The molecule has 1 aromatic carbocycles. The van der Waals surface area contributed by atoms with Gasteiger partial charge in [-0.3, -0.25) is 14.9 Å². The molecule has 0 aliphatic heterocycles. The van der Waals surface area contributed by atoms with E-state index < -0.39 is 36.5 Å². The van der Waals surface area contributed by atoms with Gasteiger partial charge in [-0.25, -0.2) is 4.79 Å². The summed E-state index contributed by atoms with van der Waals surface area (Å²) >= 11 is 4.17. The number of carbonyl (C=O) groups is 3. The molecule has 0 aromatic heterocycles. The number of aryl methyl sites for hydroxylation is 1. The van der Waals surface area contributed by atoms with Crippen molar-refractivity contribution >= 4 is 30.3 Å². The number of nitrogens with two attached hydrogens (primary N) is 1. The molecule has 5 N–H and O–H groups in total. The minimum Gasteiger partial charge on any atom is -0.479 e. The van der Waals surface area contributed by atoms with Gasteiger partial charge in [-0.2, -0.15) is 12.6 Å². The maximum atomic E-state index is 13.3. The van der Waals surface area contributed by atoms with Crippen molar-refractivity contribution < 1.29 is 24.6 Å².